The van der Waals surface area contributed by atoms with Gasteiger partial charge in [-0.1, -0.05) is 6.92 Å². The summed E-state index contributed by atoms with van der Waals surface area (Å²) in [5.41, 5.74) is -1.28. The van der Waals surface area contributed by atoms with Crippen LogP contribution in [0.1, 0.15) is 25.1 Å². The lowest BCUT2D eigenvalue weighted by molar-refractivity contribution is -0.137. The van der Waals surface area contributed by atoms with E-state index in [4.69, 9.17) is 0 Å². The molecule has 2 heterocycles. The van der Waals surface area contributed by atoms with Gasteiger partial charge in [-0.3, -0.25) is 0 Å². The normalized spacial score (nSPS) is 27.9. The number of pyridine rings is 1. The van der Waals surface area contributed by atoms with Gasteiger partial charge in [0.1, 0.15) is 5.82 Å². The van der Waals surface area contributed by atoms with Gasteiger partial charge in [0.25, 0.3) is 0 Å². The second kappa shape index (κ2) is 4.37. The largest absolute Gasteiger partial charge is 0.416 e. The third kappa shape index (κ3) is 2.83. The van der Waals surface area contributed by atoms with Crippen molar-refractivity contribution in [1.82, 2.24) is 4.98 Å². The summed E-state index contributed by atoms with van der Waals surface area (Å²) in [6.45, 7) is 5.90. The van der Waals surface area contributed by atoms with Gasteiger partial charge in [0.2, 0.25) is 0 Å². The molecule has 1 N–H and O–H groups in total. The highest BCUT2D eigenvalue weighted by Gasteiger charge is 2.40. The van der Waals surface area contributed by atoms with Crippen LogP contribution in [0.4, 0.5) is 19.0 Å². The molecule has 0 radical (unpaired) electrons. The standard InChI is InChI=1S/C13H17F3N2O/c1-8-6-18(7-12(8,3)19)11-5-10(13(14,15)16)4-9(2)17-11/h4-5,8,19H,6-7H2,1-3H3/t8-,12+/m0/s1. The highest BCUT2D eigenvalue weighted by molar-refractivity contribution is 5.45. The molecule has 2 atom stereocenters. The molecule has 1 saturated heterocycles. The van der Waals surface area contributed by atoms with E-state index in [1.54, 1.807) is 11.8 Å². The predicted molar refractivity (Wildman–Crippen MR) is 66.0 cm³/mol. The summed E-state index contributed by atoms with van der Waals surface area (Å²) in [5.74, 6) is 0.265. The molecular weight excluding hydrogens is 257 g/mol. The highest BCUT2D eigenvalue weighted by atomic mass is 19.4. The van der Waals surface area contributed by atoms with Crippen molar-refractivity contribution >= 4 is 5.82 Å². The maximum atomic E-state index is 12.8. The zero-order chi connectivity index (χ0) is 14.4. The van der Waals surface area contributed by atoms with E-state index in [1.807, 2.05) is 6.92 Å². The first kappa shape index (κ1) is 14.1. The molecule has 2 rings (SSSR count). The number of aryl methyl sites for hydroxylation is 1. The molecule has 1 aliphatic heterocycles. The number of alkyl halides is 3. The van der Waals surface area contributed by atoms with Gasteiger partial charge in [-0.15, -0.1) is 0 Å². The highest BCUT2D eigenvalue weighted by Crippen LogP contribution is 2.34. The van der Waals surface area contributed by atoms with Gasteiger partial charge in [-0.25, -0.2) is 4.98 Å². The van der Waals surface area contributed by atoms with Crippen LogP contribution in [0.2, 0.25) is 0 Å². The van der Waals surface area contributed by atoms with Crippen molar-refractivity contribution in [2.24, 2.45) is 5.92 Å². The molecule has 106 valence electrons. The van der Waals surface area contributed by atoms with Crippen LogP contribution in [0.5, 0.6) is 0 Å². The molecule has 0 aliphatic carbocycles. The second-order valence-corrected chi connectivity index (χ2v) is 5.49. The molecule has 0 saturated carbocycles. The Kier molecular flexibility index (Phi) is 3.24. The van der Waals surface area contributed by atoms with Crippen LogP contribution >= 0.6 is 0 Å². The number of anilines is 1. The van der Waals surface area contributed by atoms with E-state index in [0.717, 1.165) is 12.1 Å². The monoisotopic (exact) mass is 274 g/mol. The van der Waals surface area contributed by atoms with E-state index in [0.29, 0.717) is 18.8 Å². The Bertz CT molecular complexity index is 485. The topological polar surface area (TPSA) is 36.4 Å². The first-order chi connectivity index (χ1) is 8.59. The van der Waals surface area contributed by atoms with Gasteiger partial charge >= 0.3 is 6.18 Å². The molecule has 6 heteroatoms. The number of hydrogen-bond acceptors (Lipinski definition) is 3. The van der Waals surface area contributed by atoms with Crippen LogP contribution in [-0.2, 0) is 6.18 Å². The molecule has 0 amide bonds. The van der Waals surface area contributed by atoms with Crippen LogP contribution < -0.4 is 4.90 Å². The van der Waals surface area contributed by atoms with Crippen molar-refractivity contribution in [3.63, 3.8) is 0 Å². The summed E-state index contributed by atoms with van der Waals surface area (Å²) >= 11 is 0. The summed E-state index contributed by atoms with van der Waals surface area (Å²) in [7, 11) is 0. The summed E-state index contributed by atoms with van der Waals surface area (Å²) < 4.78 is 38.3. The molecule has 1 aliphatic rings. The van der Waals surface area contributed by atoms with Gasteiger partial charge in [0, 0.05) is 24.7 Å². The first-order valence-electron chi connectivity index (χ1n) is 6.13. The van der Waals surface area contributed by atoms with E-state index < -0.39 is 17.3 Å². The number of halogens is 3. The average Bonchev–Trinajstić information content (AvgIpc) is 2.51. The molecule has 0 bridgehead atoms. The number of rotatable bonds is 1. The number of aromatic nitrogens is 1. The van der Waals surface area contributed by atoms with E-state index in [2.05, 4.69) is 4.98 Å². The van der Waals surface area contributed by atoms with Crippen LogP contribution in [0.3, 0.4) is 0 Å². The van der Waals surface area contributed by atoms with Gasteiger partial charge < -0.3 is 10.0 Å². The zero-order valence-corrected chi connectivity index (χ0v) is 11.1. The lowest BCUT2D eigenvalue weighted by Crippen LogP contribution is -2.33. The summed E-state index contributed by atoms with van der Waals surface area (Å²) in [6.07, 6.45) is -4.38. The molecule has 0 spiro atoms. The van der Waals surface area contributed by atoms with Crippen LogP contribution in [0.15, 0.2) is 12.1 Å². The van der Waals surface area contributed by atoms with E-state index in [1.165, 1.54) is 6.92 Å². The Labute approximate surface area is 110 Å². The lowest BCUT2D eigenvalue weighted by atomic mass is 9.95. The quantitative estimate of drug-likeness (QED) is 0.855. The molecular formula is C13H17F3N2O. The second-order valence-electron chi connectivity index (χ2n) is 5.49. The molecule has 19 heavy (non-hydrogen) atoms. The summed E-state index contributed by atoms with van der Waals surface area (Å²) in [5, 5.41) is 10.1. The minimum atomic E-state index is -4.38. The Morgan fingerprint density at radius 2 is 2.05 bits per heavy atom. The van der Waals surface area contributed by atoms with E-state index in [-0.39, 0.29) is 11.7 Å². The fraction of sp³-hybridized carbons (Fsp3) is 0.615. The molecule has 1 aromatic heterocycles. The van der Waals surface area contributed by atoms with Crippen molar-refractivity contribution in [3.05, 3.63) is 23.4 Å². The number of nitrogens with zero attached hydrogens (tertiary/aromatic N) is 2. The van der Waals surface area contributed by atoms with Crippen molar-refractivity contribution in [2.45, 2.75) is 32.5 Å². The Hall–Kier alpha value is -1.30. The maximum absolute atomic E-state index is 12.8. The van der Waals surface area contributed by atoms with Crippen molar-refractivity contribution in [1.29, 1.82) is 0 Å². The van der Waals surface area contributed by atoms with Gasteiger partial charge in [0.15, 0.2) is 0 Å². The molecule has 1 fully saturated rings. The lowest BCUT2D eigenvalue weighted by Gasteiger charge is -2.22. The number of β-amino-alcohol motifs (C(OH)–C–C–N with tert-alkyl or cyclic N) is 1. The third-order valence-corrected chi connectivity index (χ3v) is 3.66. The van der Waals surface area contributed by atoms with Crippen molar-refractivity contribution < 1.29 is 18.3 Å². The summed E-state index contributed by atoms with van der Waals surface area (Å²) in [6, 6.07) is 2.07. The molecule has 1 aromatic rings. The molecule has 3 nitrogen and oxygen atoms in total. The Morgan fingerprint density at radius 1 is 1.42 bits per heavy atom. The van der Waals surface area contributed by atoms with Crippen LogP contribution in [0.25, 0.3) is 0 Å². The molecule has 0 unspecified atom stereocenters. The fourth-order valence-corrected chi connectivity index (χ4v) is 2.29. The zero-order valence-electron chi connectivity index (χ0n) is 11.1. The fourth-order valence-electron chi connectivity index (χ4n) is 2.29. The van der Waals surface area contributed by atoms with Gasteiger partial charge in [-0.2, -0.15) is 13.2 Å². The molecule has 0 aromatic carbocycles. The minimum absolute atomic E-state index is 0.0100. The smallest absolute Gasteiger partial charge is 0.388 e. The van der Waals surface area contributed by atoms with E-state index >= 15 is 0 Å². The predicted octanol–water partition coefficient (Wildman–Crippen LogP) is 2.62. The van der Waals surface area contributed by atoms with Crippen LogP contribution in [-0.4, -0.2) is 28.8 Å². The Morgan fingerprint density at radius 3 is 2.53 bits per heavy atom. The maximum Gasteiger partial charge on any atom is 0.416 e. The average molecular weight is 274 g/mol. The Balaban J connectivity index is 2.34. The van der Waals surface area contributed by atoms with Gasteiger partial charge in [0.05, 0.1) is 11.2 Å². The SMILES string of the molecule is Cc1cc(C(F)(F)F)cc(N2C[C@H](C)[C@](C)(O)C2)n1. The van der Waals surface area contributed by atoms with Gasteiger partial charge in [-0.05, 0) is 26.0 Å². The minimum Gasteiger partial charge on any atom is -0.388 e. The summed E-state index contributed by atoms with van der Waals surface area (Å²) in [4.78, 5) is 5.85. The van der Waals surface area contributed by atoms with Crippen molar-refractivity contribution in [2.75, 3.05) is 18.0 Å². The van der Waals surface area contributed by atoms with Crippen LogP contribution in [0, 0.1) is 12.8 Å². The van der Waals surface area contributed by atoms with Crippen molar-refractivity contribution in [3.8, 4) is 0 Å². The first-order valence-corrected chi connectivity index (χ1v) is 6.13. The third-order valence-electron chi connectivity index (χ3n) is 3.66. The number of aliphatic hydroxyl groups is 1. The number of hydrogen-bond donors (Lipinski definition) is 1. The van der Waals surface area contributed by atoms with E-state index in [9.17, 15) is 18.3 Å².